The predicted molar refractivity (Wildman–Crippen MR) is 89.3 cm³/mol. The Bertz CT molecular complexity index is 1030. The van der Waals surface area contributed by atoms with E-state index in [0.29, 0.717) is 5.69 Å². The van der Waals surface area contributed by atoms with E-state index in [9.17, 15) is 5.11 Å². The molecule has 5 heteroatoms. The molecule has 0 bridgehead atoms. The molecule has 2 aromatic heterocycles. The standard InChI is InChI=1S/C18H12N4O/c23-14-7-5-13(6-8-14)21-22-16-11-12-3-1-9-19-17(12)18-15(16)4-2-10-20-18/h1-11,23H. The summed E-state index contributed by atoms with van der Waals surface area (Å²) < 4.78 is 0. The summed E-state index contributed by atoms with van der Waals surface area (Å²) in [6, 6.07) is 16.2. The van der Waals surface area contributed by atoms with Crippen molar-refractivity contribution < 1.29 is 5.11 Å². The molecule has 0 aliphatic carbocycles. The SMILES string of the molecule is Oc1ccc(N=Nc2cc3cccnc3c3ncccc23)cc1. The molecule has 0 radical (unpaired) electrons. The number of hydrogen-bond acceptors (Lipinski definition) is 5. The van der Waals surface area contributed by atoms with Crippen molar-refractivity contribution in [3.05, 3.63) is 67.0 Å². The van der Waals surface area contributed by atoms with Crippen LogP contribution in [0.1, 0.15) is 0 Å². The number of azo groups is 1. The Morgan fingerprint density at radius 3 is 2.35 bits per heavy atom. The lowest BCUT2D eigenvalue weighted by Gasteiger charge is -2.04. The maximum absolute atomic E-state index is 9.31. The van der Waals surface area contributed by atoms with Crippen molar-refractivity contribution in [3.8, 4) is 5.75 Å². The maximum Gasteiger partial charge on any atom is 0.115 e. The van der Waals surface area contributed by atoms with Crippen LogP contribution in [0.5, 0.6) is 5.75 Å². The molecule has 2 aromatic carbocycles. The van der Waals surface area contributed by atoms with Gasteiger partial charge in [0.05, 0.1) is 22.4 Å². The number of nitrogens with zero attached hydrogens (tertiary/aromatic N) is 4. The first kappa shape index (κ1) is 13.3. The summed E-state index contributed by atoms with van der Waals surface area (Å²) in [5, 5.41) is 19.8. The van der Waals surface area contributed by atoms with E-state index in [4.69, 9.17) is 0 Å². The van der Waals surface area contributed by atoms with Crippen molar-refractivity contribution in [1.29, 1.82) is 0 Å². The van der Waals surface area contributed by atoms with E-state index < -0.39 is 0 Å². The maximum atomic E-state index is 9.31. The van der Waals surface area contributed by atoms with Crippen LogP contribution in [0.25, 0.3) is 21.8 Å². The van der Waals surface area contributed by atoms with Crippen molar-refractivity contribution in [2.75, 3.05) is 0 Å². The normalized spacial score (nSPS) is 11.5. The molecule has 0 atom stereocenters. The van der Waals surface area contributed by atoms with Gasteiger partial charge < -0.3 is 5.11 Å². The third-order valence-corrected chi connectivity index (χ3v) is 3.56. The average Bonchev–Trinajstić information content (AvgIpc) is 2.61. The van der Waals surface area contributed by atoms with Crippen molar-refractivity contribution in [2.24, 2.45) is 10.2 Å². The van der Waals surface area contributed by atoms with Gasteiger partial charge in [-0.2, -0.15) is 5.11 Å². The zero-order valence-corrected chi connectivity index (χ0v) is 12.1. The molecule has 2 heterocycles. The number of aromatic nitrogens is 2. The molecule has 0 unspecified atom stereocenters. The fraction of sp³-hybridized carbons (Fsp3) is 0. The second kappa shape index (κ2) is 5.46. The zero-order chi connectivity index (χ0) is 15.6. The van der Waals surface area contributed by atoms with Gasteiger partial charge in [-0.25, -0.2) is 0 Å². The quantitative estimate of drug-likeness (QED) is 0.422. The van der Waals surface area contributed by atoms with Crippen LogP contribution >= 0.6 is 0 Å². The van der Waals surface area contributed by atoms with Crippen molar-refractivity contribution >= 4 is 33.2 Å². The van der Waals surface area contributed by atoms with Crippen LogP contribution in [0.3, 0.4) is 0 Å². The van der Waals surface area contributed by atoms with E-state index in [-0.39, 0.29) is 5.75 Å². The Morgan fingerprint density at radius 1 is 0.783 bits per heavy atom. The predicted octanol–water partition coefficient (Wildman–Crippen LogP) is 4.90. The van der Waals surface area contributed by atoms with Crippen molar-refractivity contribution in [2.45, 2.75) is 0 Å². The summed E-state index contributed by atoms with van der Waals surface area (Å²) >= 11 is 0. The number of rotatable bonds is 2. The first-order chi connectivity index (χ1) is 11.3. The van der Waals surface area contributed by atoms with Gasteiger partial charge in [-0.05, 0) is 48.5 Å². The average molecular weight is 300 g/mol. The van der Waals surface area contributed by atoms with Gasteiger partial charge in [0.1, 0.15) is 5.75 Å². The van der Waals surface area contributed by atoms with E-state index in [1.807, 2.05) is 30.3 Å². The van der Waals surface area contributed by atoms with Crippen LogP contribution in [0.15, 0.2) is 77.2 Å². The second-order valence-corrected chi connectivity index (χ2v) is 5.09. The summed E-state index contributed by atoms with van der Waals surface area (Å²) in [5.74, 6) is 0.204. The molecule has 0 saturated heterocycles. The monoisotopic (exact) mass is 300 g/mol. The highest BCUT2D eigenvalue weighted by Gasteiger charge is 2.07. The Balaban J connectivity index is 1.89. The van der Waals surface area contributed by atoms with Crippen LogP contribution < -0.4 is 0 Å². The van der Waals surface area contributed by atoms with Crippen LogP contribution in [-0.4, -0.2) is 15.1 Å². The minimum atomic E-state index is 0.204. The van der Waals surface area contributed by atoms with Crippen molar-refractivity contribution in [3.63, 3.8) is 0 Å². The fourth-order valence-corrected chi connectivity index (χ4v) is 2.47. The first-order valence-corrected chi connectivity index (χ1v) is 7.14. The summed E-state index contributed by atoms with van der Waals surface area (Å²) in [6.45, 7) is 0. The summed E-state index contributed by atoms with van der Waals surface area (Å²) in [7, 11) is 0. The lowest BCUT2D eigenvalue weighted by molar-refractivity contribution is 0.475. The third kappa shape index (κ3) is 2.48. The molecule has 0 saturated carbocycles. The van der Waals surface area contributed by atoms with E-state index in [0.717, 1.165) is 27.5 Å². The molecule has 0 aliphatic heterocycles. The molecular formula is C18H12N4O. The smallest absolute Gasteiger partial charge is 0.115 e. The number of hydrogen-bond donors (Lipinski definition) is 1. The van der Waals surface area contributed by atoms with Crippen LogP contribution in [0, 0.1) is 0 Å². The lowest BCUT2D eigenvalue weighted by atomic mass is 10.1. The van der Waals surface area contributed by atoms with Crippen molar-refractivity contribution in [1.82, 2.24) is 9.97 Å². The van der Waals surface area contributed by atoms with Gasteiger partial charge >= 0.3 is 0 Å². The number of fused-ring (bicyclic) bond motifs is 3. The minimum Gasteiger partial charge on any atom is -0.508 e. The number of phenols is 1. The number of benzene rings is 2. The summed E-state index contributed by atoms with van der Waals surface area (Å²) in [4.78, 5) is 8.86. The van der Waals surface area contributed by atoms with Gasteiger partial charge in [0.15, 0.2) is 0 Å². The fourth-order valence-electron chi connectivity index (χ4n) is 2.47. The Hall–Kier alpha value is -3.34. The highest BCUT2D eigenvalue weighted by atomic mass is 16.3. The topological polar surface area (TPSA) is 70.7 Å². The minimum absolute atomic E-state index is 0.204. The van der Waals surface area contributed by atoms with Gasteiger partial charge in [-0.3, -0.25) is 9.97 Å². The Morgan fingerprint density at radius 2 is 1.52 bits per heavy atom. The molecule has 4 rings (SSSR count). The lowest BCUT2D eigenvalue weighted by Crippen LogP contribution is -1.84. The van der Waals surface area contributed by atoms with Gasteiger partial charge in [-0.15, -0.1) is 5.11 Å². The molecule has 0 fully saturated rings. The summed E-state index contributed by atoms with van der Waals surface area (Å²) in [6.07, 6.45) is 3.51. The molecule has 5 nitrogen and oxygen atoms in total. The molecule has 1 N–H and O–H groups in total. The van der Waals surface area contributed by atoms with Gasteiger partial charge in [0.2, 0.25) is 0 Å². The van der Waals surface area contributed by atoms with E-state index in [1.165, 1.54) is 0 Å². The Labute approximate surface area is 132 Å². The molecule has 0 aliphatic rings. The van der Waals surface area contributed by atoms with E-state index >= 15 is 0 Å². The van der Waals surface area contributed by atoms with Crippen LogP contribution in [0.2, 0.25) is 0 Å². The van der Waals surface area contributed by atoms with Crippen LogP contribution in [0.4, 0.5) is 11.4 Å². The summed E-state index contributed by atoms with van der Waals surface area (Å²) in [5.41, 5.74) is 3.07. The third-order valence-electron chi connectivity index (χ3n) is 3.56. The largest absolute Gasteiger partial charge is 0.508 e. The molecule has 110 valence electrons. The van der Waals surface area contributed by atoms with E-state index in [1.54, 1.807) is 36.7 Å². The Kier molecular flexibility index (Phi) is 3.16. The molecule has 0 amide bonds. The first-order valence-electron chi connectivity index (χ1n) is 7.14. The number of pyridine rings is 2. The molecule has 4 aromatic rings. The number of aromatic hydroxyl groups is 1. The van der Waals surface area contributed by atoms with Crippen LogP contribution in [-0.2, 0) is 0 Å². The highest BCUT2D eigenvalue weighted by Crippen LogP contribution is 2.32. The van der Waals surface area contributed by atoms with Gasteiger partial charge in [0.25, 0.3) is 0 Å². The van der Waals surface area contributed by atoms with E-state index in [2.05, 4.69) is 20.2 Å². The van der Waals surface area contributed by atoms with Gasteiger partial charge in [-0.1, -0.05) is 6.07 Å². The second-order valence-electron chi connectivity index (χ2n) is 5.09. The molecule has 0 spiro atoms. The zero-order valence-electron chi connectivity index (χ0n) is 12.1. The molecular weight excluding hydrogens is 288 g/mol. The highest BCUT2D eigenvalue weighted by molar-refractivity contribution is 6.08. The molecule has 23 heavy (non-hydrogen) atoms. The van der Waals surface area contributed by atoms with Gasteiger partial charge in [0, 0.05) is 23.2 Å². The number of phenolic OH excluding ortho intramolecular Hbond substituents is 1.